The zero-order valence-electron chi connectivity index (χ0n) is 25.4. The van der Waals surface area contributed by atoms with E-state index in [0.29, 0.717) is 0 Å². The first-order valence-corrected chi connectivity index (χ1v) is 15.9. The Kier molecular flexibility index (Phi) is 5.20. The predicted molar refractivity (Wildman–Crippen MR) is 194 cm³/mol. The van der Waals surface area contributed by atoms with Crippen molar-refractivity contribution in [1.29, 1.82) is 0 Å². The van der Waals surface area contributed by atoms with Gasteiger partial charge in [-0.2, -0.15) is 0 Å². The molecule has 10 rings (SSSR count). The molecule has 46 heavy (non-hydrogen) atoms. The van der Waals surface area contributed by atoms with Crippen LogP contribution in [0, 0.1) is 6.92 Å². The van der Waals surface area contributed by atoms with Gasteiger partial charge in [-0.15, -0.1) is 0 Å². The van der Waals surface area contributed by atoms with Gasteiger partial charge in [-0.1, -0.05) is 109 Å². The Balaban J connectivity index is 1.42. The van der Waals surface area contributed by atoms with E-state index >= 15 is 0 Å². The number of benzene rings is 7. The Labute approximate surface area is 265 Å². The SMILES string of the molecule is Cc1c(-n2c3ccccc3c3ccccc32)ccc(-n2c3ccccc3c3ccccc32)c1-n1c2ccccc2c2ccccc21. The topological polar surface area (TPSA) is 14.8 Å². The van der Waals surface area contributed by atoms with Crippen LogP contribution in [-0.4, -0.2) is 13.7 Å². The number of aromatic nitrogens is 3. The summed E-state index contributed by atoms with van der Waals surface area (Å²) in [6, 6.07) is 57.4. The van der Waals surface area contributed by atoms with Crippen LogP contribution in [0.4, 0.5) is 0 Å². The van der Waals surface area contributed by atoms with Crippen molar-refractivity contribution in [1.82, 2.24) is 13.7 Å². The van der Waals surface area contributed by atoms with Crippen molar-refractivity contribution in [3.8, 4) is 17.1 Å². The van der Waals surface area contributed by atoms with E-state index < -0.39 is 0 Å². The molecule has 10 aromatic rings. The predicted octanol–water partition coefficient (Wildman–Crippen LogP) is 11.3. The second-order valence-corrected chi connectivity index (χ2v) is 12.2. The monoisotopic (exact) mass is 587 g/mol. The van der Waals surface area contributed by atoms with Gasteiger partial charge in [-0.25, -0.2) is 0 Å². The number of fused-ring (bicyclic) bond motifs is 9. The van der Waals surface area contributed by atoms with Crippen LogP contribution in [0.3, 0.4) is 0 Å². The summed E-state index contributed by atoms with van der Waals surface area (Å²) in [5.74, 6) is 0. The summed E-state index contributed by atoms with van der Waals surface area (Å²) in [5.41, 5.74) is 12.0. The molecule has 0 unspecified atom stereocenters. The summed E-state index contributed by atoms with van der Waals surface area (Å²) in [5, 5.41) is 7.57. The van der Waals surface area contributed by atoms with Crippen molar-refractivity contribution in [2.75, 3.05) is 0 Å². The second-order valence-electron chi connectivity index (χ2n) is 12.2. The van der Waals surface area contributed by atoms with Gasteiger partial charge >= 0.3 is 0 Å². The number of para-hydroxylation sites is 6. The van der Waals surface area contributed by atoms with Gasteiger partial charge in [-0.05, 0) is 61.0 Å². The van der Waals surface area contributed by atoms with Crippen molar-refractivity contribution in [3.63, 3.8) is 0 Å². The van der Waals surface area contributed by atoms with E-state index in [1.54, 1.807) is 0 Å². The Morgan fingerprint density at radius 2 is 0.543 bits per heavy atom. The molecule has 0 spiro atoms. The molecule has 7 aromatic carbocycles. The lowest BCUT2D eigenvalue weighted by molar-refractivity contribution is 1.05. The highest BCUT2D eigenvalue weighted by atomic mass is 15.1. The third kappa shape index (κ3) is 3.32. The fraction of sp³-hybridized carbons (Fsp3) is 0.0233. The zero-order chi connectivity index (χ0) is 30.4. The van der Waals surface area contributed by atoms with Gasteiger partial charge in [0.25, 0.3) is 0 Å². The molecule has 0 amide bonds. The maximum absolute atomic E-state index is 2.50. The number of hydrogen-bond donors (Lipinski definition) is 0. The molecule has 0 saturated heterocycles. The third-order valence-corrected chi connectivity index (χ3v) is 9.83. The first kappa shape index (κ1) is 25.3. The molecule has 216 valence electrons. The van der Waals surface area contributed by atoms with Crippen LogP contribution < -0.4 is 0 Å². The van der Waals surface area contributed by atoms with E-state index in [2.05, 4.69) is 178 Å². The van der Waals surface area contributed by atoms with Gasteiger partial charge in [0, 0.05) is 32.3 Å². The molecule has 0 aliphatic heterocycles. The fourth-order valence-corrected chi connectivity index (χ4v) is 7.91. The molecule has 0 bridgehead atoms. The molecule has 0 saturated carbocycles. The molecule has 0 N–H and O–H groups in total. The van der Waals surface area contributed by atoms with Gasteiger partial charge in [0.15, 0.2) is 0 Å². The molecule has 0 aliphatic carbocycles. The van der Waals surface area contributed by atoms with E-state index in [1.807, 2.05) is 0 Å². The molecule has 0 aliphatic rings. The van der Waals surface area contributed by atoms with Gasteiger partial charge < -0.3 is 13.7 Å². The van der Waals surface area contributed by atoms with Crippen molar-refractivity contribution in [2.45, 2.75) is 6.92 Å². The minimum absolute atomic E-state index is 1.16. The lowest BCUT2D eigenvalue weighted by Crippen LogP contribution is -2.09. The van der Waals surface area contributed by atoms with E-state index in [-0.39, 0.29) is 0 Å². The standard InChI is InChI=1S/C43H29N3/c1-28-35(44-36-20-8-2-14-29(36)30-15-3-9-21-37(30)44)26-27-42(45-38-22-10-4-16-31(38)32-17-5-11-23-39(32)45)43(28)46-40-24-12-6-18-33(40)34-19-7-13-25-41(34)46/h2-27H,1H3. The van der Waals surface area contributed by atoms with E-state index in [1.165, 1.54) is 82.4 Å². The molecule has 3 aromatic heterocycles. The highest BCUT2D eigenvalue weighted by Gasteiger charge is 2.23. The van der Waals surface area contributed by atoms with Gasteiger partial charge in [-0.3, -0.25) is 0 Å². The van der Waals surface area contributed by atoms with Crippen LogP contribution >= 0.6 is 0 Å². The van der Waals surface area contributed by atoms with Gasteiger partial charge in [0.05, 0.1) is 50.2 Å². The molecule has 3 heteroatoms. The Bertz CT molecular complexity index is 2660. The van der Waals surface area contributed by atoms with Gasteiger partial charge in [0.2, 0.25) is 0 Å². The third-order valence-electron chi connectivity index (χ3n) is 9.83. The Hall–Kier alpha value is -6.06. The maximum Gasteiger partial charge on any atom is 0.0753 e. The summed E-state index contributed by atoms with van der Waals surface area (Å²) in [4.78, 5) is 0. The lowest BCUT2D eigenvalue weighted by Gasteiger charge is -2.22. The summed E-state index contributed by atoms with van der Waals surface area (Å²) in [6.45, 7) is 2.30. The Morgan fingerprint density at radius 3 is 0.891 bits per heavy atom. The van der Waals surface area contributed by atoms with E-state index in [0.717, 1.165) is 5.69 Å². The minimum Gasteiger partial charge on any atom is -0.309 e. The highest BCUT2D eigenvalue weighted by molar-refractivity contribution is 6.12. The molecule has 3 nitrogen and oxygen atoms in total. The molecule has 0 fully saturated rings. The molecule has 0 atom stereocenters. The summed E-state index contributed by atoms with van der Waals surface area (Å²) in [6.07, 6.45) is 0. The van der Waals surface area contributed by atoms with E-state index in [4.69, 9.17) is 0 Å². The largest absolute Gasteiger partial charge is 0.309 e. The van der Waals surface area contributed by atoms with E-state index in [9.17, 15) is 0 Å². The fourth-order valence-electron chi connectivity index (χ4n) is 7.91. The van der Waals surface area contributed by atoms with Crippen LogP contribution in [0.25, 0.3) is 82.5 Å². The highest BCUT2D eigenvalue weighted by Crippen LogP contribution is 2.42. The molecular formula is C43H29N3. The first-order valence-electron chi connectivity index (χ1n) is 15.9. The normalized spacial score (nSPS) is 12.0. The van der Waals surface area contributed by atoms with Crippen molar-refractivity contribution in [2.24, 2.45) is 0 Å². The van der Waals surface area contributed by atoms with Crippen molar-refractivity contribution in [3.05, 3.63) is 163 Å². The first-order chi connectivity index (χ1) is 22.8. The molecule has 3 heterocycles. The van der Waals surface area contributed by atoms with Gasteiger partial charge in [0.1, 0.15) is 0 Å². The molecule has 0 radical (unpaired) electrons. The smallest absolute Gasteiger partial charge is 0.0753 e. The van der Waals surface area contributed by atoms with Crippen LogP contribution in [-0.2, 0) is 0 Å². The Morgan fingerprint density at radius 1 is 0.283 bits per heavy atom. The average Bonchev–Trinajstić information content (AvgIpc) is 3.74. The minimum atomic E-state index is 1.16. The average molecular weight is 588 g/mol. The van der Waals surface area contributed by atoms with Crippen LogP contribution in [0.15, 0.2) is 158 Å². The van der Waals surface area contributed by atoms with Crippen LogP contribution in [0.5, 0.6) is 0 Å². The van der Waals surface area contributed by atoms with Crippen LogP contribution in [0.2, 0.25) is 0 Å². The van der Waals surface area contributed by atoms with Crippen molar-refractivity contribution < 1.29 is 0 Å². The molecular weight excluding hydrogens is 558 g/mol. The van der Waals surface area contributed by atoms with Crippen molar-refractivity contribution >= 4 is 65.4 Å². The second kappa shape index (κ2) is 9.47. The number of hydrogen-bond acceptors (Lipinski definition) is 0. The summed E-state index contributed by atoms with van der Waals surface area (Å²) < 4.78 is 7.41. The number of rotatable bonds is 3. The maximum atomic E-state index is 2.50. The zero-order valence-corrected chi connectivity index (χ0v) is 25.4. The quantitative estimate of drug-likeness (QED) is 0.195. The number of nitrogens with zero attached hydrogens (tertiary/aromatic N) is 3. The summed E-state index contributed by atoms with van der Waals surface area (Å²) >= 11 is 0. The lowest BCUT2D eigenvalue weighted by atomic mass is 10.1. The summed E-state index contributed by atoms with van der Waals surface area (Å²) in [7, 11) is 0. The van der Waals surface area contributed by atoms with Crippen LogP contribution in [0.1, 0.15) is 5.56 Å².